The van der Waals surface area contributed by atoms with Crippen molar-refractivity contribution in [1.82, 2.24) is 4.98 Å². The molecule has 98 valence electrons. The topological polar surface area (TPSA) is 62.0 Å². The molecule has 0 bridgehead atoms. The van der Waals surface area contributed by atoms with E-state index in [2.05, 4.69) is 10.3 Å². The van der Waals surface area contributed by atoms with Crippen molar-refractivity contribution in [3.8, 4) is 0 Å². The zero-order valence-corrected chi connectivity index (χ0v) is 11.3. The number of hydrogen-bond acceptors (Lipinski definition) is 2. The number of carbonyl (C=O) groups excluding carboxylic acids is 1. The number of halogens is 1. The van der Waals surface area contributed by atoms with Crippen LogP contribution in [-0.2, 0) is 0 Å². The van der Waals surface area contributed by atoms with Crippen LogP contribution in [0.1, 0.15) is 21.5 Å². The summed E-state index contributed by atoms with van der Waals surface area (Å²) in [6.07, 6.45) is 1.34. The van der Waals surface area contributed by atoms with Gasteiger partial charge in [-0.25, -0.2) is 0 Å². The van der Waals surface area contributed by atoms with Crippen LogP contribution in [0.5, 0.6) is 0 Å². The van der Waals surface area contributed by atoms with Crippen molar-refractivity contribution in [2.75, 3.05) is 5.32 Å². The number of carbonyl (C=O) groups is 1. The molecule has 0 unspecified atom stereocenters. The fourth-order valence-electron chi connectivity index (χ4n) is 1.74. The molecule has 1 amide bonds. The highest BCUT2D eigenvalue weighted by molar-refractivity contribution is 6.30. The summed E-state index contributed by atoms with van der Waals surface area (Å²) >= 11 is 5.69. The number of hydrogen-bond donors (Lipinski definition) is 2. The first-order valence-electron chi connectivity index (χ1n) is 5.74. The molecular weight excluding hydrogens is 264 g/mol. The normalized spacial score (nSPS) is 10.3. The van der Waals surface area contributed by atoms with Crippen LogP contribution in [0, 0.1) is 13.8 Å². The molecular formula is C14H13ClN2O2. The van der Waals surface area contributed by atoms with Crippen molar-refractivity contribution in [2.45, 2.75) is 13.8 Å². The van der Waals surface area contributed by atoms with Gasteiger partial charge in [0.05, 0.1) is 5.56 Å². The Bertz CT molecular complexity index is 692. The van der Waals surface area contributed by atoms with E-state index >= 15 is 0 Å². The molecule has 0 atom stereocenters. The van der Waals surface area contributed by atoms with E-state index < -0.39 is 5.56 Å². The summed E-state index contributed by atoms with van der Waals surface area (Å²) in [4.78, 5) is 25.6. The van der Waals surface area contributed by atoms with Gasteiger partial charge in [0.25, 0.3) is 11.5 Å². The SMILES string of the molecule is Cc1ccc(NC(=O)c2c[nH]c(=O)c(Cl)c2)c(C)c1. The molecule has 0 fully saturated rings. The highest BCUT2D eigenvalue weighted by Gasteiger charge is 2.09. The number of anilines is 1. The average molecular weight is 277 g/mol. The number of pyridine rings is 1. The average Bonchev–Trinajstić information content (AvgIpc) is 2.36. The summed E-state index contributed by atoms with van der Waals surface area (Å²) in [6.45, 7) is 3.91. The number of aromatic amines is 1. The number of benzene rings is 1. The molecule has 2 N–H and O–H groups in total. The van der Waals surface area contributed by atoms with Gasteiger partial charge in [-0.05, 0) is 31.5 Å². The maximum atomic E-state index is 12.0. The van der Waals surface area contributed by atoms with Gasteiger partial charge in [-0.1, -0.05) is 29.3 Å². The van der Waals surface area contributed by atoms with E-state index in [1.165, 1.54) is 12.3 Å². The smallest absolute Gasteiger partial charge is 0.266 e. The van der Waals surface area contributed by atoms with Crippen LogP contribution < -0.4 is 10.9 Å². The third-order valence-corrected chi connectivity index (χ3v) is 3.03. The summed E-state index contributed by atoms with van der Waals surface area (Å²) in [7, 11) is 0. The van der Waals surface area contributed by atoms with Gasteiger partial charge in [-0.3, -0.25) is 9.59 Å². The van der Waals surface area contributed by atoms with E-state index in [1.807, 2.05) is 32.0 Å². The number of H-pyrrole nitrogens is 1. The molecule has 0 aliphatic rings. The predicted molar refractivity (Wildman–Crippen MR) is 75.9 cm³/mol. The van der Waals surface area contributed by atoms with Crippen LogP contribution in [0.4, 0.5) is 5.69 Å². The molecule has 0 aliphatic carbocycles. The summed E-state index contributed by atoms with van der Waals surface area (Å²) in [5, 5.41) is 2.77. The van der Waals surface area contributed by atoms with Crippen molar-refractivity contribution in [3.63, 3.8) is 0 Å². The Morgan fingerprint density at radius 2 is 2.00 bits per heavy atom. The fourth-order valence-corrected chi connectivity index (χ4v) is 1.91. The minimum absolute atomic E-state index is 0.00622. The Balaban J connectivity index is 2.25. The molecule has 0 spiro atoms. The van der Waals surface area contributed by atoms with Gasteiger partial charge < -0.3 is 10.3 Å². The summed E-state index contributed by atoms with van der Waals surface area (Å²) in [5.41, 5.74) is 2.73. The number of amides is 1. The second-order valence-corrected chi connectivity index (χ2v) is 4.75. The van der Waals surface area contributed by atoms with Gasteiger partial charge >= 0.3 is 0 Å². The van der Waals surface area contributed by atoms with Gasteiger partial charge in [-0.15, -0.1) is 0 Å². The van der Waals surface area contributed by atoms with Crippen molar-refractivity contribution in [3.05, 3.63) is 62.5 Å². The molecule has 5 heteroatoms. The zero-order valence-electron chi connectivity index (χ0n) is 10.6. The van der Waals surface area contributed by atoms with Gasteiger partial charge in [0, 0.05) is 11.9 Å². The standard InChI is InChI=1S/C14H13ClN2O2/c1-8-3-4-12(9(2)5-8)17-13(18)10-6-11(15)14(19)16-7-10/h3-7H,1-2H3,(H,16,19)(H,17,18). The lowest BCUT2D eigenvalue weighted by molar-refractivity contribution is 0.102. The van der Waals surface area contributed by atoms with E-state index in [4.69, 9.17) is 11.6 Å². The first-order chi connectivity index (χ1) is 8.97. The van der Waals surface area contributed by atoms with E-state index in [1.54, 1.807) is 0 Å². The molecule has 1 heterocycles. The molecule has 19 heavy (non-hydrogen) atoms. The van der Waals surface area contributed by atoms with Gasteiger partial charge in [0.15, 0.2) is 0 Å². The Labute approximate surface area is 115 Å². The quantitative estimate of drug-likeness (QED) is 0.886. The van der Waals surface area contributed by atoms with E-state index in [0.717, 1.165) is 16.8 Å². The Morgan fingerprint density at radius 3 is 2.63 bits per heavy atom. The monoisotopic (exact) mass is 276 g/mol. The van der Waals surface area contributed by atoms with Crippen LogP contribution in [-0.4, -0.2) is 10.9 Å². The van der Waals surface area contributed by atoms with Crippen LogP contribution >= 0.6 is 11.6 Å². The second-order valence-electron chi connectivity index (χ2n) is 4.34. The third-order valence-electron chi connectivity index (χ3n) is 2.75. The van der Waals surface area contributed by atoms with Crippen LogP contribution in [0.2, 0.25) is 5.02 Å². The van der Waals surface area contributed by atoms with Gasteiger partial charge in [0.1, 0.15) is 5.02 Å². The first kappa shape index (κ1) is 13.4. The minimum Gasteiger partial charge on any atom is -0.327 e. The number of aromatic nitrogens is 1. The summed E-state index contributed by atoms with van der Waals surface area (Å²) < 4.78 is 0. The highest BCUT2D eigenvalue weighted by atomic mass is 35.5. The molecule has 4 nitrogen and oxygen atoms in total. The van der Waals surface area contributed by atoms with Crippen LogP contribution in [0.15, 0.2) is 35.3 Å². The Hall–Kier alpha value is -2.07. The molecule has 1 aromatic heterocycles. The third kappa shape index (κ3) is 3.03. The Morgan fingerprint density at radius 1 is 1.26 bits per heavy atom. The molecule has 0 saturated carbocycles. The highest BCUT2D eigenvalue weighted by Crippen LogP contribution is 2.17. The molecule has 2 rings (SSSR count). The summed E-state index contributed by atoms with van der Waals surface area (Å²) in [5.74, 6) is -0.315. The van der Waals surface area contributed by atoms with E-state index in [-0.39, 0.29) is 10.9 Å². The molecule has 0 radical (unpaired) electrons. The summed E-state index contributed by atoms with van der Waals surface area (Å²) in [6, 6.07) is 7.09. The maximum absolute atomic E-state index is 12.0. The second kappa shape index (κ2) is 5.28. The number of nitrogens with one attached hydrogen (secondary N) is 2. The van der Waals surface area contributed by atoms with Crippen molar-refractivity contribution in [1.29, 1.82) is 0 Å². The lowest BCUT2D eigenvalue weighted by Gasteiger charge is -2.09. The molecule has 0 aliphatic heterocycles. The first-order valence-corrected chi connectivity index (χ1v) is 6.12. The van der Waals surface area contributed by atoms with Gasteiger partial charge in [-0.2, -0.15) is 0 Å². The fraction of sp³-hybridized carbons (Fsp3) is 0.143. The van der Waals surface area contributed by atoms with Gasteiger partial charge in [0.2, 0.25) is 0 Å². The lowest BCUT2D eigenvalue weighted by Crippen LogP contribution is -2.16. The van der Waals surface area contributed by atoms with E-state index in [0.29, 0.717) is 5.56 Å². The van der Waals surface area contributed by atoms with Crippen molar-refractivity contribution >= 4 is 23.2 Å². The van der Waals surface area contributed by atoms with Crippen molar-refractivity contribution < 1.29 is 4.79 Å². The largest absolute Gasteiger partial charge is 0.327 e. The molecule has 0 saturated heterocycles. The zero-order chi connectivity index (χ0) is 14.0. The minimum atomic E-state index is -0.412. The lowest BCUT2D eigenvalue weighted by atomic mass is 10.1. The number of aryl methyl sites for hydroxylation is 2. The Kier molecular flexibility index (Phi) is 3.71. The maximum Gasteiger partial charge on any atom is 0.266 e. The van der Waals surface area contributed by atoms with Crippen LogP contribution in [0.3, 0.4) is 0 Å². The van der Waals surface area contributed by atoms with Crippen LogP contribution in [0.25, 0.3) is 0 Å². The number of rotatable bonds is 2. The van der Waals surface area contributed by atoms with Crippen molar-refractivity contribution in [2.24, 2.45) is 0 Å². The molecule has 2 aromatic rings. The predicted octanol–water partition coefficient (Wildman–Crippen LogP) is 2.90. The van der Waals surface area contributed by atoms with E-state index in [9.17, 15) is 9.59 Å². The molecule has 1 aromatic carbocycles.